The SMILES string of the molecule is CC(=O)N(CCC(=O)Nc1ccc(F)cc1F)C1CCCCCC1. The van der Waals surface area contributed by atoms with Gasteiger partial charge in [0.25, 0.3) is 0 Å². The highest BCUT2D eigenvalue weighted by molar-refractivity contribution is 5.91. The fourth-order valence-electron chi connectivity index (χ4n) is 3.19. The van der Waals surface area contributed by atoms with Crippen molar-refractivity contribution in [3.63, 3.8) is 0 Å². The summed E-state index contributed by atoms with van der Waals surface area (Å²) >= 11 is 0. The third-order valence-electron chi connectivity index (χ3n) is 4.45. The van der Waals surface area contributed by atoms with Crippen molar-refractivity contribution in [1.29, 1.82) is 0 Å². The molecule has 2 rings (SSSR count). The van der Waals surface area contributed by atoms with E-state index in [2.05, 4.69) is 5.32 Å². The average Bonchev–Trinajstić information content (AvgIpc) is 2.79. The minimum atomic E-state index is -0.810. The van der Waals surface area contributed by atoms with Crippen molar-refractivity contribution < 1.29 is 18.4 Å². The second kappa shape index (κ2) is 8.76. The van der Waals surface area contributed by atoms with E-state index in [1.165, 1.54) is 25.8 Å². The molecule has 0 bridgehead atoms. The molecule has 0 unspecified atom stereocenters. The summed E-state index contributed by atoms with van der Waals surface area (Å²) in [5.41, 5.74) is -0.0507. The van der Waals surface area contributed by atoms with Crippen LogP contribution in [0.1, 0.15) is 51.9 Å². The second-order valence-electron chi connectivity index (χ2n) is 6.28. The van der Waals surface area contributed by atoms with Crippen LogP contribution in [0.2, 0.25) is 0 Å². The van der Waals surface area contributed by atoms with Gasteiger partial charge in [-0.15, -0.1) is 0 Å². The second-order valence-corrected chi connectivity index (χ2v) is 6.28. The van der Waals surface area contributed by atoms with Crippen molar-refractivity contribution in [3.05, 3.63) is 29.8 Å². The van der Waals surface area contributed by atoms with Crippen LogP contribution in [0.4, 0.5) is 14.5 Å². The Hall–Kier alpha value is -1.98. The predicted octanol–water partition coefficient (Wildman–Crippen LogP) is 3.86. The fraction of sp³-hybridized carbons (Fsp3) is 0.556. The van der Waals surface area contributed by atoms with Gasteiger partial charge < -0.3 is 10.2 Å². The Balaban J connectivity index is 1.91. The first-order valence-electron chi connectivity index (χ1n) is 8.49. The maximum atomic E-state index is 13.6. The first kappa shape index (κ1) is 18.4. The van der Waals surface area contributed by atoms with Crippen LogP contribution in [0, 0.1) is 11.6 Å². The van der Waals surface area contributed by atoms with E-state index in [1.54, 1.807) is 4.90 Å². The van der Waals surface area contributed by atoms with E-state index in [1.807, 2.05) is 0 Å². The van der Waals surface area contributed by atoms with Gasteiger partial charge in [0.05, 0.1) is 5.69 Å². The van der Waals surface area contributed by atoms with Crippen molar-refractivity contribution in [1.82, 2.24) is 4.90 Å². The molecule has 1 aromatic rings. The van der Waals surface area contributed by atoms with Gasteiger partial charge in [-0.3, -0.25) is 9.59 Å². The first-order chi connectivity index (χ1) is 11.5. The molecule has 1 aliphatic carbocycles. The molecule has 1 N–H and O–H groups in total. The van der Waals surface area contributed by atoms with Gasteiger partial charge in [0.1, 0.15) is 11.6 Å². The molecule has 0 spiro atoms. The smallest absolute Gasteiger partial charge is 0.226 e. The third kappa shape index (κ3) is 5.28. The highest BCUT2D eigenvalue weighted by atomic mass is 19.1. The van der Waals surface area contributed by atoms with E-state index in [4.69, 9.17) is 0 Å². The Morgan fingerprint density at radius 2 is 1.83 bits per heavy atom. The molecule has 6 heteroatoms. The molecular weight excluding hydrogens is 314 g/mol. The van der Waals surface area contributed by atoms with Crippen molar-refractivity contribution in [2.45, 2.75) is 57.9 Å². The lowest BCUT2D eigenvalue weighted by Crippen LogP contribution is -2.40. The summed E-state index contributed by atoms with van der Waals surface area (Å²) in [6, 6.07) is 3.19. The van der Waals surface area contributed by atoms with E-state index in [0.717, 1.165) is 37.8 Å². The fourth-order valence-corrected chi connectivity index (χ4v) is 3.19. The molecule has 0 heterocycles. The van der Waals surface area contributed by atoms with Crippen molar-refractivity contribution >= 4 is 17.5 Å². The molecule has 1 aliphatic rings. The van der Waals surface area contributed by atoms with Crippen molar-refractivity contribution in [2.75, 3.05) is 11.9 Å². The largest absolute Gasteiger partial charge is 0.339 e. The van der Waals surface area contributed by atoms with Gasteiger partial charge in [-0.2, -0.15) is 0 Å². The minimum Gasteiger partial charge on any atom is -0.339 e. The third-order valence-corrected chi connectivity index (χ3v) is 4.45. The summed E-state index contributed by atoms with van der Waals surface area (Å²) in [5.74, 6) is -1.93. The van der Waals surface area contributed by atoms with Crippen LogP contribution in [-0.4, -0.2) is 29.3 Å². The van der Waals surface area contributed by atoms with Crippen LogP contribution in [-0.2, 0) is 9.59 Å². The quantitative estimate of drug-likeness (QED) is 0.829. The maximum Gasteiger partial charge on any atom is 0.226 e. The lowest BCUT2D eigenvalue weighted by molar-refractivity contribution is -0.131. The van der Waals surface area contributed by atoms with E-state index in [9.17, 15) is 18.4 Å². The molecule has 132 valence electrons. The number of halogens is 2. The van der Waals surface area contributed by atoms with Gasteiger partial charge in [0.2, 0.25) is 11.8 Å². The van der Waals surface area contributed by atoms with Crippen LogP contribution in [0.3, 0.4) is 0 Å². The van der Waals surface area contributed by atoms with Crippen LogP contribution in [0.15, 0.2) is 18.2 Å². The Bertz CT molecular complexity index is 584. The number of nitrogens with zero attached hydrogens (tertiary/aromatic N) is 1. The van der Waals surface area contributed by atoms with Gasteiger partial charge >= 0.3 is 0 Å². The summed E-state index contributed by atoms with van der Waals surface area (Å²) in [6.45, 7) is 1.83. The summed E-state index contributed by atoms with van der Waals surface area (Å²) in [4.78, 5) is 25.7. The van der Waals surface area contributed by atoms with Gasteiger partial charge in [-0.25, -0.2) is 8.78 Å². The van der Waals surface area contributed by atoms with Crippen LogP contribution >= 0.6 is 0 Å². The zero-order valence-electron chi connectivity index (χ0n) is 14.0. The Morgan fingerprint density at radius 3 is 2.42 bits per heavy atom. The number of nitrogens with one attached hydrogen (secondary N) is 1. The predicted molar refractivity (Wildman–Crippen MR) is 88.5 cm³/mol. The van der Waals surface area contributed by atoms with E-state index in [-0.39, 0.29) is 30.0 Å². The molecule has 2 amide bonds. The summed E-state index contributed by atoms with van der Waals surface area (Å²) in [7, 11) is 0. The lowest BCUT2D eigenvalue weighted by atomic mass is 10.1. The monoisotopic (exact) mass is 338 g/mol. The Labute approximate surface area is 141 Å². The average molecular weight is 338 g/mol. The van der Waals surface area contributed by atoms with Crippen LogP contribution < -0.4 is 5.32 Å². The standard InChI is InChI=1S/C18H24F2N2O2/c1-13(23)22(15-6-4-2-3-5-7-15)11-10-18(24)21-17-9-8-14(19)12-16(17)20/h8-9,12,15H,2-7,10-11H2,1H3,(H,21,24). The van der Waals surface area contributed by atoms with Gasteiger partial charge in [-0.1, -0.05) is 25.7 Å². The molecule has 4 nitrogen and oxygen atoms in total. The summed E-state index contributed by atoms with van der Waals surface area (Å²) < 4.78 is 26.4. The molecule has 0 radical (unpaired) electrons. The number of rotatable bonds is 5. The minimum absolute atomic E-state index is 0.0392. The summed E-state index contributed by atoms with van der Waals surface area (Å²) in [6.07, 6.45) is 6.59. The van der Waals surface area contributed by atoms with Crippen molar-refractivity contribution in [3.8, 4) is 0 Å². The molecule has 1 fully saturated rings. The lowest BCUT2D eigenvalue weighted by Gasteiger charge is -2.30. The van der Waals surface area contributed by atoms with Crippen LogP contribution in [0.25, 0.3) is 0 Å². The van der Waals surface area contributed by atoms with E-state index in [0.29, 0.717) is 6.54 Å². The first-order valence-corrected chi connectivity index (χ1v) is 8.49. The molecule has 0 aromatic heterocycles. The zero-order chi connectivity index (χ0) is 17.5. The van der Waals surface area contributed by atoms with E-state index >= 15 is 0 Å². The highest BCUT2D eigenvalue weighted by Gasteiger charge is 2.22. The zero-order valence-corrected chi connectivity index (χ0v) is 14.0. The molecule has 1 aromatic carbocycles. The number of anilines is 1. The normalized spacial score (nSPS) is 15.6. The van der Waals surface area contributed by atoms with Gasteiger partial charge in [0, 0.05) is 32.0 Å². The van der Waals surface area contributed by atoms with E-state index < -0.39 is 11.6 Å². The Morgan fingerprint density at radius 1 is 1.17 bits per heavy atom. The number of hydrogen-bond acceptors (Lipinski definition) is 2. The molecule has 1 saturated carbocycles. The number of benzene rings is 1. The molecule has 0 atom stereocenters. The maximum absolute atomic E-state index is 13.6. The molecule has 0 saturated heterocycles. The molecular formula is C18H24F2N2O2. The highest BCUT2D eigenvalue weighted by Crippen LogP contribution is 2.22. The van der Waals surface area contributed by atoms with Gasteiger partial charge in [0.15, 0.2) is 0 Å². The number of carbonyl (C=O) groups excluding carboxylic acids is 2. The number of carbonyl (C=O) groups is 2. The van der Waals surface area contributed by atoms with Crippen LogP contribution in [0.5, 0.6) is 0 Å². The molecule has 0 aliphatic heterocycles. The Kier molecular flexibility index (Phi) is 6.70. The summed E-state index contributed by atoms with van der Waals surface area (Å²) in [5, 5.41) is 2.43. The molecule has 24 heavy (non-hydrogen) atoms. The van der Waals surface area contributed by atoms with Crippen molar-refractivity contribution in [2.24, 2.45) is 0 Å². The number of amides is 2. The van der Waals surface area contributed by atoms with Gasteiger partial charge in [-0.05, 0) is 25.0 Å². The number of hydrogen-bond donors (Lipinski definition) is 1. The topological polar surface area (TPSA) is 49.4 Å².